The van der Waals surface area contributed by atoms with Crippen LogP contribution in [0.1, 0.15) is 48.6 Å². The number of nitrogens with one attached hydrogen (secondary N) is 1. The first-order valence-corrected chi connectivity index (χ1v) is 12.1. The second-order valence-electron chi connectivity index (χ2n) is 9.50. The van der Waals surface area contributed by atoms with Gasteiger partial charge in [0.2, 0.25) is 0 Å². The third kappa shape index (κ3) is 3.84. The van der Waals surface area contributed by atoms with Gasteiger partial charge in [-0.3, -0.25) is 9.78 Å². The van der Waals surface area contributed by atoms with Crippen LogP contribution in [0.3, 0.4) is 0 Å². The van der Waals surface area contributed by atoms with Crippen molar-refractivity contribution in [2.75, 3.05) is 5.73 Å². The van der Waals surface area contributed by atoms with Gasteiger partial charge in [-0.2, -0.15) is 5.10 Å². The van der Waals surface area contributed by atoms with Crippen LogP contribution in [0.2, 0.25) is 0 Å². The predicted molar refractivity (Wildman–Crippen MR) is 135 cm³/mol. The van der Waals surface area contributed by atoms with Gasteiger partial charge in [-0.25, -0.2) is 14.5 Å². The Morgan fingerprint density at radius 2 is 2.03 bits per heavy atom. The number of Topliss-reactive ketones (excluding diaryl/α,β-unsaturated/α-hetero) is 1. The van der Waals surface area contributed by atoms with Crippen LogP contribution in [0.25, 0.3) is 27.8 Å². The molecule has 0 unspecified atom stereocenters. The highest BCUT2D eigenvalue weighted by Gasteiger charge is 2.31. The molecule has 1 aromatic carbocycles. The summed E-state index contributed by atoms with van der Waals surface area (Å²) >= 11 is 0. The Labute approximate surface area is 202 Å². The maximum Gasteiger partial charge on any atom is 0.153 e. The smallest absolute Gasteiger partial charge is 0.153 e. The van der Waals surface area contributed by atoms with E-state index in [1.54, 1.807) is 12.4 Å². The van der Waals surface area contributed by atoms with Crippen molar-refractivity contribution >= 4 is 28.0 Å². The maximum atomic E-state index is 12.9. The number of para-hydroxylation sites is 1. The number of hydrogen-bond donors (Lipinski definition) is 2. The summed E-state index contributed by atoms with van der Waals surface area (Å²) < 4.78 is 1.85. The Balaban J connectivity index is 1.29. The highest BCUT2D eigenvalue weighted by atomic mass is 16.1. The number of nitrogens with two attached hydrogens (primary N) is 1. The quantitative estimate of drug-likeness (QED) is 0.391. The summed E-state index contributed by atoms with van der Waals surface area (Å²) in [4.78, 5) is 29.8. The lowest BCUT2D eigenvalue weighted by atomic mass is 9.78. The first kappa shape index (κ1) is 21.5. The molecule has 3 N–H and O–H groups in total. The van der Waals surface area contributed by atoms with Crippen LogP contribution >= 0.6 is 0 Å². The fourth-order valence-corrected chi connectivity index (χ4v) is 5.39. The van der Waals surface area contributed by atoms with Crippen LogP contribution in [-0.4, -0.2) is 35.3 Å². The summed E-state index contributed by atoms with van der Waals surface area (Å²) in [5.74, 6) is 1.87. The zero-order valence-corrected chi connectivity index (χ0v) is 19.6. The maximum absolute atomic E-state index is 12.9. The zero-order valence-electron chi connectivity index (χ0n) is 19.6. The third-order valence-corrected chi connectivity index (χ3v) is 7.25. The lowest BCUT2D eigenvalue weighted by Gasteiger charge is -2.26. The lowest BCUT2D eigenvalue weighted by molar-refractivity contribution is -0.123. The van der Waals surface area contributed by atoms with Gasteiger partial charge >= 0.3 is 0 Å². The van der Waals surface area contributed by atoms with E-state index in [1.165, 1.54) is 11.9 Å². The van der Waals surface area contributed by atoms with Crippen molar-refractivity contribution in [2.45, 2.75) is 44.9 Å². The molecule has 1 fully saturated rings. The molecule has 35 heavy (non-hydrogen) atoms. The Kier molecular flexibility index (Phi) is 5.28. The lowest BCUT2D eigenvalue weighted by Crippen LogP contribution is -2.23. The number of carbonyl (C=O) groups excluding carboxylic acids is 1. The molecule has 6 rings (SSSR count). The Morgan fingerprint density at radius 1 is 1.17 bits per heavy atom. The van der Waals surface area contributed by atoms with E-state index in [1.807, 2.05) is 16.6 Å². The number of imidazole rings is 1. The number of aryl methyl sites for hydroxylation is 1. The number of hydrogen-bond acceptors (Lipinski definition) is 6. The number of nitrogens with zero attached hydrogens (tertiary/aromatic N) is 5. The van der Waals surface area contributed by atoms with Crippen LogP contribution in [-0.2, 0) is 11.2 Å². The second-order valence-corrected chi connectivity index (χ2v) is 9.50. The molecule has 0 amide bonds. The van der Waals surface area contributed by atoms with Gasteiger partial charge < -0.3 is 10.7 Å². The molecule has 1 aliphatic carbocycles. The molecule has 0 saturated heterocycles. The first-order valence-electron chi connectivity index (χ1n) is 12.1. The van der Waals surface area contributed by atoms with E-state index in [4.69, 9.17) is 10.7 Å². The fourth-order valence-electron chi connectivity index (χ4n) is 5.39. The predicted octanol–water partition coefficient (Wildman–Crippen LogP) is 4.64. The number of H-pyrrole nitrogens is 1. The first-order chi connectivity index (χ1) is 17.1. The van der Waals surface area contributed by atoms with Gasteiger partial charge in [0, 0.05) is 41.6 Å². The molecule has 176 valence electrons. The van der Waals surface area contributed by atoms with Gasteiger partial charge in [0.25, 0.3) is 0 Å². The molecule has 5 aromatic rings. The van der Waals surface area contributed by atoms with Gasteiger partial charge in [0.05, 0.1) is 5.69 Å². The molecule has 0 bridgehead atoms. The van der Waals surface area contributed by atoms with E-state index in [0.29, 0.717) is 18.0 Å². The molecule has 4 heterocycles. The van der Waals surface area contributed by atoms with Crippen molar-refractivity contribution in [3.63, 3.8) is 0 Å². The number of rotatable bonds is 5. The van der Waals surface area contributed by atoms with E-state index in [0.717, 1.165) is 64.9 Å². The van der Waals surface area contributed by atoms with Crippen molar-refractivity contribution in [3.8, 4) is 11.4 Å². The molecule has 1 aliphatic rings. The monoisotopic (exact) mass is 465 g/mol. The Morgan fingerprint density at radius 3 is 2.80 bits per heavy atom. The minimum atomic E-state index is 0.0773. The summed E-state index contributed by atoms with van der Waals surface area (Å²) in [5, 5.41) is 5.65. The number of benzene rings is 1. The minimum Gasteiger partial charge on any atom is -0.382 e. The molecule has 1 saturated carbocycles. The summed E-state index contributed by atoms with van der Waals surface area (Å²) in [6.45, 7) is 2.09. The van der Waals surface area contributed by atoms with E-state index in [9.17, 15) is 4.79 Å². The second kappa shape index (κ2) is 8.61. The zero-order chi connectivity index (χ0) is 23.9. The molecule has 4 aromatic heterocycles. The topological polar surface area (TPSA) is 115 Å². The van der Waals surface area contributed by atoms with Crippen molar-refractivity contribution in [2.24, 2.45) is 5.92 Å². The van der Waals surface area contributed by atoms with Gasteiger partial charge in [-0.15, -0.1) is 0 Å². The van der Waals surface area contributed by atoms with Gasteiger partial charge in [0.15, 0.2) is 5.82 Å². The molecular formula is C27H27N7O. The largest absolute Gasteiger partial charge is 0.382 e. The van der Waals surface area contributed by atoms with Crippen molar-refractivity contribution in [3.05, 3.63) is 72.1 Å². The standard InChI is InChI=1S/C27H27N7O/c1-16-4-2-6-20-13-21(32-23(16)20)24-25-26(28)30-15-31-34(25)27(33-24)19-9-7-18(8-10-19)22(35)12-17-5-3-11-29-14-17/h2-6,11,13-15,18-19,32H,7-10,12H2,1H3,(H2,28,30,31). The van der Waals surface area contributed by atoms with E-state index >= 15 is 0 Å². The Hall–Kier alpha value is -4.07. The molecule has 8 nitrogen and oxygen atoms in total. The number of fused-ring (bicyclic) bond motifs is 2. The highest BCUT2D eigenvalue weighted by Crippen LogP contribution is 2.39. The normalized spacial score (nSPS) is 18.3. The van der Waals surface area contributed by atoms with Crippen molar-refractivity contribution in [1.29, 1.82) is 0 Å². The SMILES string of the molecule is Cc1cccc2cc(-c3nc(C4CCC(C(=O)Cc5cccnc5)CC4)n4ncnc(N)c34)[nH]c12. The molecule has 0 aliphatic heterocycles. The van der Waals surface area contributed by atoms with Crippen molar-refractivity contribution in [1.82, 2.24) is 29.5 Å². The van der Waals surface area contributed by atoms with Gasteiger partial charge in [-0.05, 0) is 55.9 Å². The average Bonchev–Trinajstić information content (AvgIpc) is 3.48. The average molecular weight is 466 g/mol. The third-order valence-electron chi connectivity index (χ3n) is 7.25. The van der Waals surface area contributed by atoms with Crippen LogP contribution in [0.5, 0.6) is 0 Å². The van der Waals surface area contributed by atoms with Crippen LogP contribution in [0.4, 0.5) is 5.82 Å². The van der Waals surface area contributed by atoms with E-state index < -0.39 is 0 Å². The summed E-state index contributed by atoms with van der Waals surface area (Å²) in [7, 11) is 0. The number of aromatic amines is 1. The van der Waals surface area contributed by atoms with Crippen LogP contribution in [0.15, 0.2) is 55.1 Å². The summed E-state index contributed by atoms with van der Waals surface area (Å²) in [5.41, 5.74) is 12.0. The number of ketones is 1. The molecular weight excluding hydrogens is 438 g/mol. The van der Waals surface area contributed by atoms with Gasteiger partial charge in [-0.1, -0.05) is 24.3 Å². The number of pyridine rings is 1. The van der Waals surface area contributed by atoms with E-state index in [-0.39, 0.29) is 11.8 Å². The van der Waals surface area contributed by atoms with Gasteiger partial charge in [0.1, 0.15) is 29.1 Å². The summed E-state index contributed by atoms with van der Waals surface area (Å²) in [6.07, 6.45) is 8.90. The molecule has 0 spiro atoms. The number of carbonyl (C=O) groups is 1. The highest BCUT2D eigenvalue weighted by molar-refractivity contribution is 5.92. The molecule has 8 heteroatoms. The number of aromatic nitrogens is 6. The number of nitrogen functional groups attached to an aromatic ring is 1. The fraction of sp³-hybridized carbons (Fsp3) is 0.296. The molecule has 0 atom stereocenters. The Bertz CT molecular complexity index is 1530. The minimum absolute atomic E-state index is 0.0773. The number of anilines is 1. The van der Waals surface area contributed by atoms with Crippen LogP contribution < -0.4 is 5.73 Å². The van der Waals surface area contributed by atoms with E-state index in [2.05, 4.69) is 51.2 Å². The van der Waals surface area contributed by atoms with Crippen molar-refractivity contribution < 1.29 is 4.79 Å². The van der Waals surface area contributed by atoms with Crippen LogP contribution in [0, 0.1) is 12.8 Å². The summed E-state index contributed by atoms with van der Waals surface area (Å²) in [6, 6.07) is 12.2. The molecule has 0 radical (unpaired) electrons.